The molecule has 2 rings (SSSR count). The molecule has 4 nitrogen and oxygen atoms in total. The molecule has 0 fully saturated rings. The van der Waals surface area contributed by atoms with E-state index in [1.807, 2.05) is 19.1 Å². The molecule has 2 N–H and O–H groups in total. The van der Waals surface area contributed by atoms with Crippen LogP contribution < -0.4 is 0 Å². The number of para-hydroxylation sites is 1. The Balaban J connectivity index is 2.22. The highest BCUT2D eigenvalue weighted by Gasteiger charge is 2.21. The van der Waals surface area contributed by atoms with Crippen molar-refractivity contribution in [2.45, 2.75) is 13.0 Å². The summed E-state index contributed by atoms with van der Waals surface area (Å²) in [6.07, 6.45) is 1.71. The van der Waals surface area contributed by atoms with Crippen molar-refractivity contribution in [3.05, 3.63) is 53.9 Å². The number of carbonyl (C=O) groups is 1. The van der Waals surface area contributed by atoms with Gasteiger partial charge < -0.3 is 15.0 Å². The van der Waals surface area contributed by atoms with Gasteiger partial charge in [-0.15, -0.1) is 0 Å². The first kappa shape index (κ1) is 12.2. The lowest BCUT2D eigenvalue weighted by molar-refractivity contribution is 0.0736. The number of amides is 1. The Labute approximate surface area is 106 Å². The fourth-order valence-electron chi connectivity index (χ4n) is 1.88. The maximum absolute atomic E-state index is 12.1. The van der Waals surface area contributed by atoms with E-state index in [2.05, 4.69) is 4.98 Å². The fraction of sp³-hybridized carbons (Fsp3) is 0.214. The van der Waals surface area contributed by atoms with Crippen molar-refractivity contribution in [1.82, 2.24) is 9.88 Å². The molecule has 1 heterocycles. The highest BCUT2D eigenvalue weighted by molar-refractivity contribution is 5.92. The zero-order chi connectivity index (χ0) is 13.1. The number of carbonyl (C=O) groups excluding carboxylic acids is 1. The van der Waals surface area contributed by atoms with Crippen LogP contribution in [0.15, 0.2) is 42.6 Å². The third-order valence-corrected chi connectivity index (χ3v) is 3.12. The number of nitrogens with zero attached hydrogens (tertiary/aromatic N) is 1. The first-order valence-electron chi connectivity index (χ1n) is 5.79. The molecule has 0 aliphatic heterocycles. The predicted molar refractivity (Wildman–Crippen MR) is 69.4 cm³/mol. The number of phenolic OH excluding ortho intramolecular Hbond substituents is 1. The lowest BCUT2D eigenvalue weighted by atomic mass is 10.1. The van der Waals surface area contributed by atoms with Crippen LogP contribution in [0.1, 0.15) is 29.0 Å². The van der Waals surface area contributed by atoms with Crippen LogP contribution in [-0.2, 0) is 0 Å². The minimum absolute atomic E-state index is 0.101. The Morgan fingerprint density at radius 2 is 2.00 bits per heavy atom. The summed E-state index contributed by atoms with van der Waals surface area (Å²) in [5.41, 5.74) is 1.28. The summed E-state index contributed by atoms with van der Waals surface area (Å²) >= 11 is 0. The van der Waals surface area contributed by atoms with Crippen LogP contribution in [0, 0.1) is 0 Å². The number of aromatic hydroxyl groups is 1. The summed E-state index contributed by atoms with van der Waals surface area (Å²) in [6.45, 7) is 1.88. The molecule has 0 radical (unpaired) electrons. The molecule has 0 aliphatic carbocycles. The third-order valence-electron chi connectivity index (χ3n) is 3.12. The molecule has 0 saturated heterocycles. The Hall–Kier alpha value is -2.23. The molecule has 0 bridgehead atoms. The van der Waals surface area contributed by atoms with Crippen molar-refractivity contribution in [2.75, 3.05) is 7.05 Å². The summed E-state index contributed by atoms with van der Waals surface area (Å²) in [5, 5.41) is 9.80. The van der Waals surface area contributed by atoms with E-state index in [1.54, 1.807) is 42.4 Å². The SMILES string of the molecule is CC(c1ccccc1O)N(C)C(=O)c1ccc[nH]1. The fourth-order valence-corrected chi connectivity index (χ4v) is 1.88. The number of aromatic amines is 1. The van der Waals surface area contributed by atoms with Gasteiger partial charge >= 0.3 is 0 Å². The van der Waals surface area contributed by atoms with Crippen LogP contribution in [-0.4, -0.2) is 27.9 Å². The molecule has 0 aliphatic rings. The first-order valence-corrected chi connectivity index (χ1v) is 5.79. The molecule has 0 spiro atoms. The van der Waals surface area contributed by atoms with E-state index < -0.39 is 0 Å². The summed E-state index contributed by atoms with van der Waals surface area (Å²) < 4.78 is 0. The number of aromatic nitrogens is 1. The number of hydrogen-bond acceptors (Lipinski definition) is 2. The quantitative estimate of drug-likeness (QED) is 0.871. The number of H-pyrrole nitrogens is 1. The molecule has 1 aromatic carbocycles. The van der Waals surface area contributed by atoms with Gasteiger partial charge in [0.25, 0.3) is 5.91 Å². The monoisotopic (exact) mass is 244 g/mol. The number of rotatable bonds is 3. The van der Waals surface area contributed by atoms with E-state index in [0.717, 1.165) is 5.56 Å². The van der Waals surface area contributed by atoms with Gasteiger partial charge in [0.2, 0.25) is 0 Å². The van der Waals surface area contributed by atoms with Crippen molar-refractivity contribution in [2.24, 2.45) is 0 Å². The Kier molecular flexibility index (Phi) is 3.37. The van der Waals surface area contributed by atoms with Crippen molar-refractivity contribution in [1.29, 1.82) is 0 Å². The van der Waals surface area contributed by atoms with E-state index >= 15 is 0 Å². The lowest BCUT2D eigenvalue weighted by Gasteiger charge is -2.25. The van der Waals surface area contributed by atoms with Crippen molar-refractivity contribution >= 4 is 5.91 Å². The predicted octanol–water partition coefficient (Wildman–Crippen LogP) is 2.55. The van der Waals surface area contributed by atoms with Crippen molar-refractivity contribution in [3.63, 3.8) is 0 Å². The van der Waals surface area contributed by atoms with Gasteiger partial charge in [-0.1, -0.05) is 18.2 Å². The largest absolute Gasteiger partial charge is 0.508 e. The first-order chi connectivity index (χ1) is 8.61. The molecule has 0 saturated carbocycles. The van der Waals surface area contributed by atoms with E-state index in [9.17, 15) is 9.90 Å². The molecular weight excluding hydrogens is 228 g/mol. The Morgan fingerprint density at radius 1 is 1.28 bits per heavy atom. The van der Waals surface area contributed by atoms with Gasteiger partial charge in [-0.25, -0.2) is 0 Å². The van der Waals surface area contributed by atoms with Gasteiger partial charge in [-0.05, 0) is 25.1 Å². The van der Waals surface area contributed by atoms with Crippen LogP contribution in [0.4, 0.5) is 0 Å². The Morgan fingerprint density at radius 3 is 2.61 bits per heavy atom. The number of benzene rings is 1. The zero-order valence-electron chi connectivity index (χ0n) is 10.4. The number of hydrogen-bond donors (Lipinski definition) is 2. The topological polar surface area (TPSA) is 56.3 Å². The zero-order valence-corrected chi connectivity index (χ0v) is 10.4. The average Bonchev–Trinajstić information content (AvgIpc) is 2.90. The summed E-state index contributed by atoms with van der Waals surface area (Å²) in [7, 11) is 1.72. The lowest BCUT2D eigenvalue weighted by Crippen LogP contribution is -2.29. The maximum Gasteiger partial charge on any atom is 0.270 e. The van der Waals surface area contributed by atoms with Crippen LogP contribution in [0.3, 0.4) is 0 Å². The summed E-state index contributed by atoms with van der Waals surface area (Å²) in [4.78, 5) is 16.6. The standard InChI is InChI=1S/C14H16N2O2/c1-10(11-6-3-4-8-13(11)17)16(2)14(18)12-7-5-9-15-12/h3-10,15,17H,1-2H3. The van der Waals surface area contributed by atoms with Gasteiger partial charge in [0.15, 0.2) is 0 Å². The highest BCUT2D eigenvalue weighted by Crippen LogP contribution is 2.27. The van der Waals surface area contributed by atoms with Crippen LogP contribution in [0.2, 0.25) is 0 Å². The second-order valence-corrected chi connectivity index (χ2v) is 4.23. The number of nitrogens with one attached hydrogen (secondary N) is 1. The van der Waals surface area contributed by atoms with E-state index in [1.165, 1.54) is 0 Å². The van der Waals surface area contributed by atoms with Crippen molar-refractivity contribution < 1.29 is 9.90 Å². The van der Waals surface area contributed by atoms with E-state index in [0.29, 0.717) is 5.69 Å². The molecule has 1 atom stereocenters. The van der Waals surface area contributed by atoms with Crippen LogP contribution >= 0.6 is 0 Å². The minimum atomic E-state index is -0.193. The van der Waals surface area contributed by atoms with Gasteiger partial charge in [0.05, 0.1) is 6.04 Å². The molecule has 18 heavy (non-hydrogen) atoms. The third kappa shape index (κ3) is 2.22. The van der Waals surface area contributed by atoms with Gasteiger partial charge in [-0.2, -0.15) is 0 Å². The molecule has 4 heteroatoms. The van der Waals surface area contributed by atoms with Crippen LogP contribution in [0.25, 0.3) is 0 Å². The molecular formula is C14H16N2O2. The molecule has 1 aromatic heterocycles. The van der Waals surface area contributed by atoms with E-state index in [4.69, 9.17) is 0 Å². The molecule has 94 valence electrons. The average molecular weight is 244 g/mol. The summed E-state index contributed by atoms with van der Waals surface area (Å²) in [6, 6.07) is 10.4. The summed E-state index contributed by atoms with van der Waals surface area (Å²) in [5.74, 6) is 0.104. The number of phenols is 1. The maximum atomic E-state index is 12.1. The van der Waals surface area contributed by atoms with Gasteiger partial charge in [0.1, 0.15) is 11.4 Å². The highest BCUT2D eigenvalue weighted by atomic mass is 16.3. The van der Waals surface area contributed by atoms with Crippen LogP contribution in [0.5, 0.6) is 5.75 Å². The Bertz CT molecular complexity index is 534. The minimum Gasteiger partial charge on any atom is -0.508 e. The van der Waals surface area contributed by atoms with E-state index in [-0.39, 0.29) is 17.7 Å². The normalized spacial score (nSPS) is 12.1. The molecule has 1 amide bonds. The van der Waals surface area contributed by atoms with Gasteiger partial charge in [-0.3, -0.25) is 4.79 Å². The van der Waals surface area contributed by atoms with Crippen molar-refractivity contribution in [3.8, 4) is 5.75 Å². The second kappa shape index (κ2) is 4.96. The smallest absolute Gasteiger partial charge is 0.270 e. The molecule has 1 unspecified atom stereocenters. The van der Waals surface area contributed by atoms with Gasteiger partial charge in [0, 0.05) is 18.8 Å². The molecule has 2 aromatic rings. The second-order valence-electron chi connectivity index (χ2n) is 4.23.